The van der Waals surface area contributed by atoms with Gasteiger partial charge in [0.25, 0.3) is 0 Å². The van der Waals surface area contributed by atoms with Crippen molar-refractivity contribution in [2.45, 2.75) is 63.6 Å². The first-order chi connectivity index (χ1) is 23.2. The number of carbonyl (C=O) groups is 1. The summed E-state index contributed by atoms with van der Waals surface area (Å²) < 4.78 is 56.6. The number of nitrogens with one attached hydrogen (secondary N) is 1. The van der Waals surface area contributed by atoms with Crippen molar-refractivity contribution in [1.82, 2.24) is 23.8 Å². The molecule has 1 fully saturated rings. The van der Waals surface area contributed by atoms with Crippen LogP contribution in [0, 0.1) is 11.8 Å². The molecule has 0 bridgehead atoms. The number of sulfonamides is 2. The van der Waals surface area contributed by atoms with Crippen LogP contribution >= 0.6 is 0 Å². The number of benzene rings is 1. The van der Waals surface area contributed by atoms with Crippen LogP contribution in [-0.4, -0.2) is 114 Å². The molecule has 4 rings (SSSR count). The van der Waals surface area contributed by atoms with Gasteiger partial charge in [-0.2, -0.15) is 8.61 Å². The van der Waals surface area contributed by atoms with Crippen molar-refractivity contribution in [1.29, 1.82) is 0 Å². The smallest absolute Gasteiger partial charge is 0.243 e. The molecule has 49 heavy (non-hydrogen) atoms. The third-order valence-corrected chi connectivity index (χ3v) is 12.6. The van der Waals surface area contributed by atoms with Crippen molar-refractivity contribution in [3.8, 4) is 11.5 Å². The average molecular weight is 720 g/mol. The van der Waals surface area contributed by atoms with E-state index >= 15 is 0 Å². The lowest BCUT2D eigenvalue weighted by Crippen LogP contribution is -2.53. The molecule has 1 aromatic carbocycles. The largest absolute Gasteiger partial charge is 0.504 e. The lowest BCUT2D eigenvalue weighted by Gasteiger charge is -2.34. The van der Waals surface area contributed by atoms with Crippen molar-refractivity contribution >= 4 is 26.0 Å². The van der Waals surface area contributed by atoms with Crippen LogP contribution in [-0.2, 0) is 31.4 Å². The number of amides is 1. The summed E-state index contributed by atoms with van der Waals surface area (Å²) in [6.45, 7) is 7.13. The first kappa shape index (κ1) is 38.5. The maximum atomic E-state index is 13.7. The van der Waals surface area contributed by atoms with Gasteiger partial charge in [-0.1, -0.05) is 50.6 Å². The zero-order valence-electron chi connectivity index (χ0n) is 28.3. The maximum absolute atomic E-state index is 13.7. The van der Waals surface area contributed by atoms with Crippen molar-refractivity contribution < 1.29 is 36.9 Å². The van der Waals surface area contributed by atoms with E-state index in [1.54, 1.807) is 6.20 Å². The molecule has 4 N–H and O–H groups in total. The molecule has 13 nitrogen and oxygen atoms in total. The molecule has 0 spiro atoms. The minimum atomic E-state index is -4.23. The topological polar surface area (TPSA) is 181 Å². The highest BCUT2D eigenvalue weighted by Crippen LogP contribution is 2.29. The van der Waals surface area contributed by atoms with Crippen molar-refractivity contribution in [3.05, 3.63) is 72.1 Å². The van der Waals surface area contributed by atoms with E-state index in [-0.39, 0.29) is 30.3 Å². The predicted molar refractivity (Wildman–Crippen MR) is 186 cm³/mol. The molecule has 1 saturated heterocycles. The normalized spacial score (nSPS) is 18.3. The van der Waals surface area contributed by atoms with Crippen LogP contribution in [0.4, 0.5) is 0 Å². The van der Waals surface area contributed by atoms with Gasteiger partial charge in [-0.15, -0.1) is 0 Å². The van der Waals surface area contributed by atoms with E-state index in [9.17, 15) is 36.9 Å². The first-order valence-electron chi connectivity index (χ1n) is 16.6. The molecule has 2 aliphatic rings. The highest BCUT2D eigenvalue weighted by Gasteiger charge is 2.35. The standard InChI is InChI=1S/C34H49N5O8S2/c1-25(2)21-39(49(46,47)29-12-13-31(40)32(41)20-29)23-33(42)30(19-27-9-5-4-6-10-27)36-34(43)26(3)24-48(44,45)38-17-15-37(16-18-38)22-28-11-7-8-14-35-28/h4-5,7-9,11-14,20,25-26,30,33,40-42H,6,10,15-19,21-24H2,1-3H3,(H,36,43)/t26-,30+,33-/m1/s1. The molecule has 2 heterocycles. The number of rotatable bonds is 16. The van der Waals surface area contributed by atoms with Crippen LogP contribution in [0.15, 0.2) is 71.3 Å². The van der Waals surface area contributed by atoms with Gasteiger partial charge < -0.3 is 20.6 Å². The van der Waals surface area contributed by atoms with Gasteiger partial charge in [0.1, 0.15) is 0 Å². The molecule has 0 unspecified atom stereocenters. The number of aromatic nitrogens is 1. The predicted octanol–water partition coefficient (Wildman–Crippen LogP) is 2.44. The van der Waals surface area contributed by atoms with Crippen molar-refractivity contribution in [3.63, 3.8) is 0 Å². The zero-order chi connectivity index (χ0) is 35.8. The Labute approximate surface area is 290 Å². The molecule has 0 saturated carbocycles. The fourth-order valence-corrected chi connectivity index (χ4v) is 9.28. The third-order valence-electron chi connectivity index (χ3n) is 8.66. The highest BCUT2D eigenvalue weighted by molar-refractivity contribution is 7.89. The Kier molecular flexibility index (Phi) is 13.4. The molecule has 1 aromatic heterocycles. The Morgan fingerprint density at radius 2 is 1.73 bits per heavy atom. The number of phenolic OH excluding ortho intramolecular Hbond substituents is 2. The maximum Gasteiger partial charge on any atom is 0.243 e. The van der Waals surface area contributed by atoms with Crippen molar-refractivity contribution in [2.75, 3.05) is 45.0 Å². The van der Waals surface area contributed by atoms with E-state index in [4.69, 9.17) is 0 Å². The Morgan fingerprint density at radius 1 is 1.00 bits per heavy atom. The summed E-state index contributed by atoms with van der Waals surface area (Å²) in [5.74, 6) is -3.10. The van der Waals surface area contributed by atoms with Crippen LogP contribution < -0.4 is 5.32 Å². The average Bonchev–Trinajstić information content (AvgIpc) is 3.06. The van der Waals surface area contributed by atoms with Crippen LogP contribution in [0.2, 0.25) is 0 Å². The SMILES string of the molecule is CC(C)CN(C[C@@H](O)[C@H](CC1=CC=CCC1)NC(=O)[C@H](C)CS(=O)(=O)N1CCN(Cc2ccccn2)CC1)S(=O)(=O)c1ccc(O)c(O)c1. The van der Waals surface area contributed by atoms with E-state index in [0.717, 1.165) is 34.1 Å². The van der Waals surface area contributed by atoms with Crippen LogP contribution in [0.5, 0.6) is 11.5 Å². The van der Waals surface area contributed by atoms with Gasteiger partial charge in [0.05, 0.1) is 34.4 Å². The number of hydrogen-bond acceptors (Lipinski definition) is 10. The van der Waals surface area contributed by atoms with Crippen LogP contribution in [0.1, 0.15) is 45.7 Å². The zero-order valence-corrected chi connectivity index (χ0v) is 30.0. The van der Waals surface area contributed by atoms with E-state index in [0.29, 0.717) is 39.1 Å². The summed E-state index contributed by atoms with van der Waals surface area (Å²) >= 11 is 0. The summed E-state index contributed by atoms with van der Waals surface area (Å²) in [4.78, 5) is 19.7. The molecular formula is C34H49N5O8S2. The van der Waals surface area contributed by atoms with Gasteiger partial charge in [0.15, 0.2) is 11.5 Å². The van der Waals surface area contributed by atoms with Crippen molar-refractivity contribution in [2.24, 2.45) is 11.8 Å². The number of pyridine rings is 1. The fraction of sp³-hybridized carbons (Fsp3) is 0.529. The summed E-state index contributed by atoms with van der Waals surface area (Å²) in [6, 6.07) is 7.97. The molecule has 1 aliphatic carbocycles. The molecule has 0 radical (unpaired) electrons. The lowest BCUT2D eigenvalue weighted by molar-refractivity contribution is -0.125. The Morgan fingerprint density at radius 3 is 2.35 bits per heavy atom. The van der Waals surface area contributed by atoms with Gasteiger partial charge in [0, 0.05) is 58.1 Å². The molecule has 15 heteroatoms. The summed E-state index contributed by atoms with van der Waals surface area (Å²) in [6.07, 6.45) is 7.89. The van der Waals surface area contributed by atoms with Gasteiger partial charge in [-0.05, 0) is 49.4 Å². The number of phenols is 2. The number of aliphatic hydroxyl groups excluding tert-OH is 1. The molecule has 270 valence electrons. The second kappa shape index (κ2) is 17.1. The Balaban J connectivity index is 1.44. The molecule has 2 aromatic rings. The summed E-state index contributed by atoms with van der Waals surface area (Å²) in [7, 11) is -8.00. The van der Waals surface area contributed by atoms with Crippen LogP contribution in [0.3, 0.4) is 0 Å². The summed E-state index contributed by atoms with van der Waals surface area (Å²) in [5.41, 5.74) is 1.86. The van der Waals surface area contributed by atoms with E-state index in [1.807, 2.05) is 50.3 Å². The fourth-order valence-electron chi connectivity index (χ4n) is 5.92. The monoisotopic (exact) mass is 719 g/mol. The first-order valence-corrected chi connectivity index (χ1v) is 19.7. The minimum Gasteiger partial charge on any atom is -0.504 e. The van der Waals surface area contributed by atoms with Gasteiger partial charge in [0.2, 0.25) is 26.0 Å². The quantitative estimate of drug-likeness (QED) is 0.188. The number of aromatic hydroxyl groups is 2. The van der Waals surface area contributed by atoms with E-state index in [2.05, 4.69) is 15.2 Å². The van der Waals surface area contributed by atoms with Gasteiger partial charge in [-0.25, -0.2) is 16.8 Å². The Hall–Kier alpha value is -3.34. The lowest BCUT2D eigenvalue weighted by atomic mass is 9.94. The summed E-state index contributed by atoms with van der Waals surface area (Å²) in [5, 5.41) is 34.1. The molecule has 3 atom stereocenters. The third kappa shape index (κ3) is 10.8. The highest BCUT2D eigenvalue weighted by atomic mass is 32.2. The molecular weight excluding hydrogens is 671 g/mol. The number of hydrogen-bond donors (Lipinski definition) is 4. The number of carbonyl (C=O) groups excluding carboxylic acids is 1. The number of nitrogens with zero attached hydrogens (tertiary/aromatic N) is 4. The van der Waals surface area contributed by atoms with E-state index < -0.39 is 61.3 Å². The van der Waals surface area contributed by atoms with Gasteiger partial charge >= 0.3 is 0 Å². The minimum absolute atomic E-state index is 0.0386. The second-order valence-electron chi connectivity index (χ2n) is 13.2. The van der Waals surface area contributed by atoms with E-state index in [1.165, 1.54) is 17.3 Å². The number of aliphatic hydroxyl groups is 1. The molecule has 1 aliphatic heterocycles. The Bertz CT molecular complexity index is 1690. The number of allylic oxidation sites excluding steroid dienone is 3. The van der Waals surface area contributed by atoms with Gasteiger partial charge in [-0.3, -0.25) is 14.7 Å². The second-order valence-corrected chi connectivity index (χ2v) is 17.2. The van der Waals surface area contributed by atoms with Crippen LogP contribution in [0.25, 0.3) is 0 Å². The molecule has 1 amide bonds. The number of piperazine rings is 1.